The summed E-state index contributed by atoms with van der Waals surface area (Å²) >= 11 is 12.9. The Hall–Kier alpha value is -1.76. The Morgan fingerprint density at radius 3 is 2.41 bits per heavy atom. The Kier molecular flexibility index (Phi) is 5.65. The lowest BCUT2D eigenvalue weighted by atomic mass is 10.2. The number of nitro benzene ring substituents is 1. The molecule has 0 aliphatic carbocycles. The van der Waals surface area contributed by atoms with Gasteiger partial charge in [-0.1, -0.05) is 23.2 Å². The van der Waals surface area contributed by atoms with Crippen molar-refractivity contribution in [2.45, 2.75) is 4.90 Å². The second kappa shape index (κ2) is 7.49. The molecule has 0 atom stereocenters. The maximum atomic E-state index is 11.9. The molecule has 5 nitrogen and oxygen atoms in total. The van der Waals surface area contributed by atoms with Crippen LogP contribution in [-0.4, -0.2) is 16.6 Å². The average molecular weight is 357 g/mol. The van der Waals surface area contributed by atoms with Crippen LogP contribution in [-0.2, 0) is 4.79 Å². The normalized spacial score (nSPS) is 10.3. The molecule has 0 radical (unpaired) electrons. The van der Waals surface area contributed by atoms with E-state index >= 15 is 0 Å². The first-order chi connectivity index (χ1) is 10.5. The van der Waals surface area contributed by atoms with E-state index in [0.29, 0.717) is 10.0 Å². The van der Waals surface area contributed by atoms with E-state index in [0.717, 1.165) is 4.90 Å². The van der Waals surface area contributed by atoms with E-state index in [1.807, 2.05) is 0 Å². The van der Waals surface area contributed by atoms with E-state index in [9.17, 15) is 14.9 Å². The summed E-state index contributed by atoms with van der Waals surface area (Å²) in [5, 5.41) is 14.3. The number of hydrogen-bond acceptors (Lipinski definition) is 4. The first-order valence-corrected chi connectivity index (χ1v) is 7.82. The molecule has 0 saturated carbocycles. The van der Waals surface area contributed by atoms with Gasteiger partial charge in [0.2, 0.25) is 5.91 Å². The molecule has 0 aromatic heterocycles. The van der Waals surface area contributed by atoms with Gasteiger partial charge in [-0.05, 0) is 36.4 Å². The minimum absolute atomic E-state index is 0.0826. The van der Waals surface area contributed by atoms with Crippen molar-refractivity contribution in [2.24, 2.45) is 0 Å². The number of nitro groups is 1. The van der Waals surface area contributed by atoms with Crippen LogP contribution in [0.25, 0.3) is 0 Å². The number of amides is 1. The fourth-order valence-electron chi connectivity index (χ4n) is 1.63. The molecule has 0 aliphatic heterocycles. The van der Waals surface area contributed by atoms with E-state index in [4.69, 9.17) is 23.2 Å². The maximum Gasteiger partial charge on any atom is 0.292 e. The fraction of sp³-hybridized carbons (Fsp3) is 0.0714. The average Bonchev–Trinajstić information content (AvgIpc) is 2.46. The molecule has 2 aromatic carbocycles. The molecule has 0 aliphatic rings. The van der Waals surface area contributed by atoms with Crippen LogP contribution in [0, 0.1) is 10.1 Å². The number of benzene rings is 2. The molecule has 8 heteroatoms. The lowest BCUT2D eigenvalue weighted by Gasteiger charge is -2.06. The van der Waals surface area contributed by atoms with Gasteiger partial charge in [-0.2, -0.15) is 0 Å². The van der Waals surface area contributed by atoms with Crippen molar-refractivity contribution < 1.29 is 9.72 Å². The second-order valence-electron chi connectivity index (χ2n) is 4.21. The highest BCUT2D eigenvalue weighted by atomic mass is 35.5. The van der Waals surface area contributed by atoms with Crippen molar-refractivity contribution in [1.82, 2.24) is 0 Å². The van der Waals surface area contributed by atoms with Crippen LogP contribution in [0.5, 0.6) is 0 Å². The fourth-order valence-corrected chi connectivity index (χ4v) is 2.63. The van der Waals surface area contributed by atoms with Crippen molar-refractivity contribution in [1.29, 1.82) is 0 Å². The highest BCUT2D eigenvalue weighted by Gasteiger charge is 2.16. The third-order valence-electron chi connectivity index (χ3n) is 2.61. The summed E-state index contributed by atoms with van der Waals surface area (Å²) in [7, 11) is 0. The summed E-state index contributed by atoms with van der Waals surface area (Å²) in [6.07, 6.45) is 0. The summed E-state index contributed by atoms with van der Waals surface area (Å²) in [5.41, 5.74) is -0.117. The first-order valence-electron chi connectivity index (χ1n) is 6.08. The van der Waals surface area contributed by atoms with E-state index in [1.54, 1.807) is 24.3 Å². The van der Waals surface area contributed by atoms with E-state index in [1.165, 1.54) is 30.0 Å². The van der Waals surface area contributed by atoms with Gasteiger partial charge < -0.3 is 5.32 Å². The highest BCUT2D eigenvalue weighted by Crippen LogP contribution is 2.28. The molecule has 0 saturated heterocycles. The molecular formula is C14H10Cl2N2O3S. The van der Waals surface area contributed by atoms with Gasteiger partial charge in [0, 0.05) is 21.0 Å². The predicted molar refractivity (Wildman–Crippen MR) is 88.9 cm³/mol. The molecule has 22 heavy (non-hydrogen) atoms. The number of nitrogens with one attached hydrogen (secondary N) is 1. The number of anilines is 1. The molecule has 2 aromatic rings. The van der Waals surface area contributed by atoms with Gasteiger partial charge in [0.25, 0.3) is 5.69 Å². The molecule has 2 rings (SSSR count). The number of rotatable bonds is 5. The van der Waals surface area contributed by atoms with Crippen LogP contribution in [0.2, 0.25) is 10.0 Å². The minimum atomic E-state index is -0.571. The van der Waals surface area contributed by atoms with Crippen LogP contribution in [0.4, 0.5) is 11.4 Å². The van der Waals surface area contributed by atoms with Crippen molar-refractivity contribution in [3.05, 3.63) is 62.6 Å². The number of carbonyl (C=O) groups is 1. The molecular weight excluding hydrogens is 347 g/mol. The Morgan fingerprint density at radius 1 is 1.14 bits per heavy atom. The van der Waals surface area contributed by atoms with E-state index in [-0.39, 0.29) is 23.0 Å². The summed E-state index contributed by atoms with van der Waals surface area (Å²) in [6, 6.07) is 11.0. The highest BCUT2D eigenvalue weighted by molar-refractivity contribution is 8.00. The maximum absolute atomic E-state index is 11.9. The molecule has 0 spiro atoms. The summed E-state index contributed by atoms with van der Waals surface area (Å²) in [4.78, 5) is 23.1. The third-order valence-corrected chi connectivity index (χ3v) is 4.11. The van der Waals surface area contributed by atoms with E-state index < -0.39 is 4.92 Å². The zero-order chi connectivity index (χ0) is 16.1. The van der Waals surface area contributed by atoms with Crippen LogP contribution < -0.4 is 5.32 Å². The summed E-state index contributed by atoms with van der Waals surface area (Å²) < 4.78 is 0. The molecule has 0 fully saturated rings. The number of nitrogens with zero attached hydrogens (tertiary/aromatic N) is 1. The monoisotopic (exact) mass is 356 g/mol. The number of carbonyl (C=O) groups excluding carboxylic acids is 1. The lowest BCUT2D eigenvalue weighted by molar-refractivity contribution is -0.383. The Bertz CT molecular complexity index is 708. The van der Waals surface area contributed by atoms with Crippen LogP contribution in [0.3, 0.4) is 0 Å². The quantitative estimate of drug-likeness (QED) is 0.481. The van der Waals surface area contributed by atoms with Crippen molar-refractivity contribution in [3.63, 3.8) is 0 Å². The van der Waals surface area contributed by atoms with Crippen molar-refractivity contribution in [3.8, 4) is 0 Å². The number of hydrogen-bond donors (Lipinski definition) is 1. The van der Waals surface area contributed by atoms with Crippen LogP contribution >= 0.6 is 35.0 Å². The van der Waals surface area contributed by atoms with Gasteiger partial charge >= 0.3 is 0 Å². The summed E-state index contributed by atoms with van der Waals surface area (Å²) in [6.45, 7) is 0. The first kappa shape index (κ1) is 16.6. The third kappa shape index (κ3) is 4.62. The van der Waals surface area contributed by atoms with Gasteiger partial charge in [0.05, 0.1) is 10.7 Å². The Balaban J connectivity index is 2.01. The van der Waals surface area contributed by atoms with Crippen molar-refractivity contribution in [2.75, 3.05) is 11.1 Å². The minimum Gasteiger partial charge on any atom is -0.320 e. The SMILES string of the molecule is O=C(CSc1ccc(Cl)cc1)Nc1cc(Cl)ccc1[N+](=O)[O-]. The number of halogens is 2. The van der Waals surface area contributed by atoms with Gasteiger partial charge in [-0.25, -0.2) is 0 Å². The van der Waals surface area contributed by atoms with Gasteiger partial charge in [-0.3, -0.25) is 14.9 Å². The zero-order valence-corrected chi connectivity index (χ0v) is 13.4. The largest absolute Gasteiger partial charge is 0.320 e. The number of thioether (sulfide) groups is 1. The molecule has 114 valence electrons. The molecule has 0 heterocycles. The van der Waals surface area contributed by atoms with E-state index in [2.05, 4.69) is 5.32 Å². The molecule has 1 N–H and O–H groups in total. The smallest absolute Gasteiger partial charge is 0.292 e. The van der Waals surface area contributed by atoms with Gasteiger partial charge in [-0.15, -0.1) is 11.8 Å². The van der Waals surface area contributed by atoms with Gasteiger partial charge in [0.15, 0.2) is 0 Å². The molecule has 0 unspecified atom stereocenters. The zero-order valence-electron chi connectivity index (χ0n) is 11.1. The second-order valence-corrected chi connectivity index (χ2v) is 6.13. The standard InChI is InChI=1S/C14H10Cl2N2O3S/c15-9-1-4-11(5-2-9)22-8-14(19)17-12-7-10(16)3-6-13(12)18(20)21/h1-7H,8H2,(H,17,19). The topological polar surface area (TPSA) is 72.2 Å². The Labute approximate surface area is 140 Å². The summed E-state index contributed by atoms with van der Waals surface area (Å²) in [5.74, 6) is -0.240. The van der Waals surface area contributed by atoms with Crippen LogP contribution in [0.15, 0.2) is 47.4 Å². The predicted octanol–water partition coefficient (Wildman–Crippen LogP) is 4.63. The van der Waals surface area contributed by atoms with Crippen LogP contribution in [0.1, 0.15) is 0 Å². The van der Waals surface area contributed by atoms with Gasteiger partial charge in [0.1, 0.15) is 5.69 Å². The Morgan fingerprint density at radius 2 is 1.77 bits per heavy atom. The molecule has 0 bridgehead atoms. The lowest BCUT2D eigenvalue weighted by Crippen LogP contribution is -2.15. The molecule has 1 amide bonds. The van der Waals surface area contributed by atoms with Crippen molar-refractivity contribution >= 4 is 52.2 Å².